The Morgan fingerprint density at radius 2 is 1.19 bits per heavy atom. The van der Waals surface area contributed by atoms with Gasteiger partial charge >= 0.3 is 5.97 Å². The summed E-state index contributed by atoms with van der Waals surface area (Å²) < 4.78 is 0. The highest BCUT2D eigenvalue weighted by molar-refractivity contribution is 5.97. The number of unbranched alkanes of at least 4 members (excludes halogenated alkanes) is 1. The van der Waals surface area contributed by atoms with Crippen molar-refractivity contribution in [2.75, 3.05) is 19.6 Å². The van der Waals surface area contributed by atoms with Gasteiger partial charge in [0.15, 0.2) is 5.96 Å². The zero-order chi connectivity index (χ0) is 44.8. The van der Waals surface area contributed by atoms with E-state index in [1.54, 1.807) is 0 Å². The van der Waals surface area contributed by atoms with Crippen molar-refractivity contribution in [1.82, 2.24) is 36.8 Å². The van der Waals surface area contributed by atoms with Gasteiger partial charge in [-0.1, -0.05) is 13.8 Å². The number of hydrogen-bond acceptors (Lipinski definition) is 12. The third kappa shape index (κ3) is 19.6. The van der Waals surface area contributed by atoms with Crippen LogP contribution < -0.4 is 60.6 Å². The molecule has 7 atom stereocenters. The zero-order valence-corrected chi connectivity index (χ0v) is 34.2. The number of primary amides is 2. The van der Waals surface area contributed by atoms with Crippen molar-refractivity contribution in [2.24, 2.45) is 34.6 Å². The first-order valence-corrected chi connectivity index (χ1v) is 19.8. The smallest absolute Gasteiger partial charge is 0.326 e. The number of aliphatic carboxylic acids is 1. The Morgan fingerprint density at radius 3 is 1.66 bits per heavy atom. The molecule has 0 aromatic heterocycles. The van der Waals surface area contributed by atoms with Crippen LogP contribution in [-0.4, -0.2) is 131 Å². The predicted octanol–water partition coefficient (Wildman–Crippen LogP) is -4.20. The molecule has 1 saturated heterocycles. The van der Waals surface area contributed by atoms with Crippen LogP contribution in [0.2, 0.25) is 0 Å². The van der Waals surface area contributed by atoms with E-state index in [0.29, 0.717) is 25.8 Å². The number of hydrogen-bond donors (Lipinski definition) is 13. The van der Waals surface area contributed by atoms with Crippen molar-refractivity contribution in [3.05, 3.63) is 0 Å². The lowest BCUT2D eigenvalue weighted by atomic mass is 10.0. The quantitative estimate of drug-likeness (QED) is 0.0202. The number of nitrogens with two attached hydrogens (primary N) is 5. The fourth-order valence-corrected chi connectivity index (χ4v) is 6.24. The largest absolute Gasteiger partial charge is 0.480 e. The molecular weight excluding hydrogens is 774 g/mol. The molecule has 334 valence electrons. The van der Waals surface area contributed by atoms with E-state index in [0.717, 1.165) is 0 Å². The molecule has 23 heteroatoms. The van der Waals surface area contributed by atoms with Crippen LogP contribution in [0.5, 0.6) is 0 Å². The van der Waals surface area contributed by atoms with Crippen LogP contribution in [0.1, 0.15) is 97.8 Å². The van der Waals surface area contributed by atoms with Gasteiger partial charge in [0.25, 0.3) is 0 Å². The van der Waals surface area contributed by atoms with Gasteiger partial charge in [-0.3, -0.25) is 43.8 Å². The molecule has 0 aliphatic carbocycles. The zero-order valence-electron chi connectivity index (χ0n) is 34.2. The van der Waals surface area contributed by atoms with Crippen LogP contribution in [0.25, 0.3) is 0 Å². The van der Waals surface area contributed by atoms with E-state index in [1.807, 2.05) is 13.8 Å². The van der Waals surface area contributed by atoms with Crippen molar-refractivity contribution >= 4 is 59.2 Å². The highest BCUT2D eigenvalue weighted by Crippen LogP contribution is 2.21. The van der Waals surface area contributed by atoms with Gasteiger partial charge in [0, 0.05) is 25.9 Å². The lowest BCUT2D eigenvalue weighted by Gasteiger charge is -2.31. The van der Waals surface area contributed by atoms with Crippen LogP contribution in [0, 0.1) is 11.3 Å². The molecule has 1 aliphatic heterocycles. The summed E-state index contributed by atoms with van der Waals surface area (Å²) in [5.74, 6) is -7.92. The van der Waals surface area contributed by atoms with Crippen molar-refractivity contribution < 1.29 is 48.3 Å². The van der Waals surface area contributed by atoms with Gasteiger partial charge in [0.2, 0.25) is 47.3 Å². The van der Waals surface area contributed by atoms with E-state index >= 15 is 0 Å². The normalized spacial score (nSPS) is 16.6. The highest BCUT2D eigenvalue weighted by atomic mass is 16.4. The molecule has 23 nitrogen and oxygen atoms in total. The molecule has 1 heterocycles. The van der Waals surface area contributed by atoms with Crippen molar-refractivity contribution in [2.45, 2.75) is 140 Å². The molecule has 0 saturated carbocycles. The molecule has 1 aliphatic rings. The number of carbonyl (C=O) groups excluding carboxylic acids is 8. The van der Waals surface area contributed by atoms with Crippen LogP contribution >= 0.6 is 0 Å². The topological polar surface area (TPSA) is 403 Å². The fourth-order valence-electron chi connectivity index (χ4n) is 6.24. The maximum atomic E-state index is 13.9. The highest BCUT2D eigenvalue weighted by Gasteiger charge is 2.40. The number of nitrogens with one attached hydrogen (secondary N) is 7. The van der Waals surface area contributed by atoms with Crippen molar-refractivity contribution in [3.63, 3.8) is 0 Å². The van der Waals surface area contributed by atoms with Gasteiger partial charge in [-0.2, -0.15) is 0 Å². The lowest BCUT2D eigenvalue weighted by Crippen LogP contribution is -2.59. The van der Waals surface area contributed by atoms with Gasteiger partial charge in [-0.05, 0) is 83.6 Å². The monoisotopic (exact) mass is 839 g/mol. The average molecular weight is 840 g/mol. The SMILES string of the molecule is CC(C)C[C@H](NC(=O)[C@H](C)N)C(=O)N1CCC[C@H]1C(=O)N[C@@H](CCC(N)=O)C(=O)N[C@@H](CCCNC(=N)N)C(=O)N[C@@H](CCC(N)=O)C(=O)N[C@@H](CCCCN)C(=O)O. The lowest BCUT2D eigenvalue weighted by molar-refractivity contribution is -0.143. The molecule has 0 unspecified atom stereocenters. The van der Waals surface area contributed by atoms with E-state index in [9.17, 15) is 48.3 Å². The number of carboxylic acids is 1. The molecule has 0 aromatic carbocycles. The van der Waals surface area contributed by atoms with Crippen molar-refractivity contribution in [3.8, 4) is 0 Å². The third-order valence-electron chi connectivity index (χ3n) is 9.38. The Kier molecular flexibility index (Phi) is 23.0. The first-order valence-electron chi connectivity index (χ1n) is 19.8. The van der Waals surface area contributed by atoms with E-state index in [1.165, 1.54) is 11.8 Å². The van der Waals surface area contributed by atoms with Crippen LogP contribution in [0.15, 0.2) is 0 Å². The van der Waals surface area contributed by atoms with E-state index in [4.69, 9.17) is 34.1 Å². The second-order valence-corrected chi connectivity index (χ2v) is 15.0. The van der Waals surface area contributed by atoms with Crippen LogP contribution in [0.3, 0.4) is 0 Å². The summed E-state index contributed by atoms with van der Waals surface area (Å²) in [6.45, 7) is 5.75. The summed E-state index contributed by atoms with van der Waals surface area (Å²) >= 11 is 0. The summed E-state index contributed by atoms with van der Waals surface area (Å²) in [6, 6.07) is -8.63. The number of rotatable bonds is 28. The number of guanidine groups is 1. The Labute approximate surface area is 343 Å². The van der Waals surface area contributed by atoms with Crippen LogP contribution in [-0.2, 0) is 43.2 Å². The molecule has 8 amide bonds. The number of nitrogens with zero attached hydrogens (tertiary/aromatic N) is 1. The molecule has 18 N–H and O–H groups in total. The molecule has 1 rings (SSSR count). The van der Waals surface area contributed by atoms with Crippen LogP contribution in [0.4, 0.5) is 0 Å². The molecular formula is C36H65N13O10. The Morgan fingerprint density at radius 1 is 0.695 bits per heavy atom. The molecule has 1 fully saturated rings. The third-order valence-corrected chi connectivity index (χ3v) is 9.38. The second-order valence-electron chi connectivity index (χ2n) is 15.0. The average Bonchev–Trinajstić information content (AvgIpc) is 3.64. The predicted molar refractivity (Wildman–Crippen MR) is 214 cm³/mol. The summed E-state index contributed by atoms with van der Waals surface area (Å²) in [5.41, 5.74) is 27.2. The first-order chi connectivity index (χ1) is 27.7. The van der Waals surface area contributed by atoms with E-state index in [-0.39, 0.29) is 82.8 Å². The maximum Gasteiger partial charge on any atom is 0.326 e. The minimum absolute atomic E-state index is 0.0154. The second kappa shape index (κ2) is 26.4. The minimum Gasteiger partial charge on any atom is -0.480 e. The molecule has 0 spiro atoms. The summed E-state index contributed by atoms with van der Waals surface area (Å²) in [6.07, 6.45) is 0.453. The van der Waals surface area contributed by atoms with Gasteiger partial charge in [0.05, 0.1) is 6.04 Å². The Bertz CT molecular complexity index is 1490. The van der Waals surface area contributed by atoms with E-state index < -0.39 is 95.5 Å². The summed E-state index contributed by atoms with van der Waals surface area (Å²) in [4.78, 5) is 118. The molecule has 0 radical (unpaired) electrons. The number of amides is 8. The standard InChI is InChI=1S/C36H65N13O10/c1-19(2)18-25(48-29(52)20(3)38)34(57)49-17-7-10-26(49)33(56)46-23(12-14-28(40)51)31(54)44-21(9-6-16-43-36(41)42)30(53)45-22(11-13-27(39)50)32(55)47-24(35(58)59)8-4-5-15-37/h19-26H,4-18,37-38H2,1-3H3,(H2,39,50)(H2,40,51)(H,44,54)(H,45,53)(H,46,56)(H,47,55)(H,48,52)(H,58,59)(H4,41,42,43)/t20-,21-,22-,23-,24-,25-,26-/m0/s1. The molecule has 0 aromatic rings. The maximum absolute atomic E-state index is 13.9. The first kappa shape index (κ1) is 51.4. The summed E-state index contributed by atoms with van der Waals surface area (Å²) in [7, 11) is 0. The van der Waals surface area contributed by atoms with Gasteiger partial charge in [-0.15, -0.1) is 0 Å². The Hall–Kier alpha value is -5.58. The van der Waals surface area contributed by atoms with Gasteiger partial charge in [0.1, 0.15) is 36.3 Å². The molecule has 59 heavy (non-hydrogen) atoms. The van der Waals surface area contributed by atoms with Crippen molar-refractivity contribution in [1.29, 1.82) is 5.41 Å². The summed E-state index contributed by atoms with van der Waals surface area (Å²) in [5, 5.41) is 32.2. The van der Waals surface area contributed by atoms with Gasteiger partial charge in [-0.25, -0.2) is 4.79 Å². The molecule has 0 bridgehead atoms. The minimum atomic E-state index is -1.48. The fraction of sp³-hybridized carbons (Fsp3) is 0.722. The van der Waals surface area contributed by atoms with Gasteiger partial charge < -0.3 is 70.6 Å². The number of carboxylic acid groups (broad SMARTS) is 1. The number of carbonyl (C=O) groups is 9. The Balaban J connectivity index is 3.39. The van der Waals surface area contributed by atoms with E-state index in [2.05, 4.69) is 31.9 Å². The number of likely N-dealkylation sites (tertiary alicyclic amines) is 1.